The van der Waals surface area contributed by atoms with Gasteiger partial charge in [-0.25, -0.2) is 0 Å². The summed E-state index contributed by atoms with van der Waals surface area (Å²) < 4.78 is 12.8. The summed E-state index contributed by atoms with van der Waals surface area (Å²) >= 11 is 2.16. The zero-order chi connectivity index (χ0) is 24.0. The molecule has 1 heterocycles. The molecule has 1 fully saturated rings. The van der Waals surface area contributed by atoms with Crippen molar-refractivity contribution in [3.05, 3.63) is 39.5 Å². The number of rotatable bonds is 9. The Bertz CT molecular complexity index is 855. The summed E-state index contributed by atoms with van der Waals surface area (Å²) in [5.74, 6) is -0.119. The molecule has 2 amide bonds. The van der Waals surface area contributed by atoms with Crippen LogP contribution in [0.25, 0.3) is 0 Å². The molecule has 0 spiro atoms. The Morgan fingerprint density at radius 2 is 2.09 bits per heavy atom. The van der Waals surface area contributed by atoms with E-state index in [0.717, 1.165) is 16.4 Å². The molecule has 1 aromatic carbocycles. The predicted octanol–water partition coefficient (Wildman–Crippen LogP) is 1.87. The smallest absolute Gasteiger partial charge is 0.247 e. The molecular weight excluding hydrogens is 539 g/mol. The molecule has 0 saturated carbocycles. The first kappa shape index (κ1) is 25.9. The summed E-state index contributed by atoms with van der Waals surface area (Å²) in [5, 5.41) is 23.1. The highest BCUT2D eigenvalue weighted by atomic mass is 127. The molecule has 9 heteroatoms. The number of aliphatic hydroxyl groups is 2. The minimum atomic E-state index is -1.03. The average Bonchev–Trinajstić information content (AvgIpc) is 3.31. The van der Waals surface area contributed by atoms with E-state index in [1.54, 1.807) is 17.0 Å². The highest BCUT2D eigenvalue weighted by Gasteiger charge is 2.42. The van der Waals surface area contributed by atoms with Crippen molar-refractivity contribution in [1.82, 2.24) is 10.2 Å². The van der Waals surface area contributed by atoms with Crippen LogP contribution in [0.2, 0.25) is 0 Å². The van der Waals surface area contributed by atoms with Crippen LogP contribution >= 0.6 is 22.6 Å². The quantitative estimate of drug-likeness (QED) is 0.390. The molecule has 33 heavy (non-hydrogen) atoms. The van der Waals surface area contributed by atoms with E-state index in [4.69, 9.17) is 14.6 Å². The van der Waals surface area contributed by atoms with Crippen molar-refractivity contribution >= 4 is 34.4 Å². The van der Waals surface area contributed by atoms with E-state index < -0.39 is 18.2 Å². The summed E-state index contributed by atoms with van der Waals surface area (Å²) in [6.45, 7) is 4.62. The minimum absolute atomic E-state index is 0.0908. The molecule has 1 saturated heterocycles. The van der Waals surface area contributed by atoms with Crippen LogP contribution in [-0.4, -0.2) is 77.6 Å². The van der Waals surface area contributed by atoms with Crippen molar-refractivity contribution in [2.45, 2.75) is 57.5 Å². The molecule has 0 aromatic heterocycles. The topological polar surface area (TPSA) is 108 Å². The van der Waals surface area contributed by atoms with Crippen LogP contribution in [0.3, 0.4) is 0 Å². The number of benzene rings is 1. The van der Waals surface area contributed by atoms with E-state index in [-0.39, 0.29) is 43.4 Å². The van der Waals surface area contributed by atoms with E-state index >= 15 is 0 Å². The molecule has 0 unspecified atom stereocenters. The molecule has 1 aromatic rings. The van der Waals surface area contributed by atoms with Crippen LogP contribution in [0.1, 0.15) is 33.1 Å². The fourth-order valence-corrected chi connectivity index (χ4v) is 4.71. The van der Waals surface area contributed by atoms with E-state index in [0.29, 0.717) is 24.5 Å². The monoisotopic (exact) mass is 572 g/mol. The third-order valence-electron chi connectivity index (χ3n) is 5.92. The van der Waals surface area contributed by atoms with Crippen LogP contribution in [0.15, 0.2) is 35.9 Å². The fourth-order valence-electron chi connectivity index (χ4n) is 4.19. The maximum absolute atomic E-state index is 13.2. The Balaban J connectivity index is 1.92. The summed E-state index contributed by atoms with van der Waals surface area (Å²) in [6, 6.07) is 6.79. The van der Waals surface area contributed by atoms with Crippen molar-refractivity contribution in [1.29, 1.82) is 0 Å². The number of nitrogens with one attached hydrogen (secondary N) is 1. The third-order valence-corrected chi connectivity index (χ3v) is 6.81. The van der Waals surface area contributed by atoms with Gasteiger partial charge in [0.15, 0.2) is 0 Å². The number of amides is 2. The number of carbonyl (C=O) groups excluding carboxylic acids is 2. The molecular formula is C24H33IN2O6. The zero-order valence-corrected chi connectivity index (χ0v) is 21.2. The zero-order valence-electron chi connectivity index (χ0n) is 19.1. The molecule has 1 aliphatic heterocycles. The SMILES string of the molecule is CC(C)C(=O)N(C[C@@H]1CCCO1)[C@@H]1CC(C(=O)NCCO)=C[C@H](Oc2ccccc2I)[C@H]1O. The van der Waals surface area contributed by atoms with Crippen LogP contribution in [-0.2, 0) is 14.3 Å². The van der Waals surface area contributed by atoms with Gasteiger partial charge in [-0.3, -0.25) is 9.59 Å². The molecule has 2 aliphatic rings. The molecule has 182 valence electrons. The second-order valence-corrected chi connectivity index (χ2v) is 9.89. The summed E-state index contributed by atoms with van der Waals surface area (Å²) in [7, 11) is 0. The number of para-hydroxylation sites is 1. The normalized spacial score (nSPS) is 25.0. The van der Waals surface area contributed by atoms with Gasteiger partial charge in [-0.15, -0.1) is 0 Å². The summed E-state index contributed by atoms with van der Waals surface area (Å²) in [4.78, 5) is 27.7. The van der Waals surface area contributed by atoms with Gasteiger partial charge in [0.25, 0.3) is 0 Å². The highest BCUT2D eigenvalue weighted by Crippen LogP contribution is 2.31. The van der Waals surface area contributed by atoms with Crippen LogP contribution in [0.5, 0.6) is 5.75 Å². The summed E-state index contributed by atoms with van der Waals surface area (Å²) in [5.41, 5.74) is 0.420. The lowest BCUT2D eigenvalue weighted by molar-refractivity contribution is -0.144. The van der Waals surface area contributed by atoms with Crippen molar-refractivity contribution < 1.29 is 29.3 Å². The van der Waals surface area contributed by atoms with Crippen molar-refractivity contribution in [2.24, 2.45) is 5.92 Å². The lowest BCUT2D eigenvalue weighted by Crippen LogP contribution is -2.57. The fraction of sp³-hybridized carbons (Fsp3) is 0.583. The van der Waals surface area contributed by atoms with Gasteiger partial charge in [-0.2, -0.15) is 0 Å². The summed E-state index contributed by atoms with van der Waals surface area (Å²) in [6.07, 6.45) is 1.67. The highest BCUT2D eigenvalue weighted by molar-refractivity contribution is 14.1. The minimum Gasteiger partial charge on any atom is -0.482 e. The van der Waals surface area contributed by atoms with Gasteiger partial charge in [0.05, 0.1) is 22.3 Å². The van der Waals surface area contributed by atoms with Crippen LogP contribution < -0.4 is 10.1 Å². The first-order chi connectivity index (χ1) is 15.8. The number of halogens is 1. The van der Waals surface area contributed by atoms with E-state index in [1.165, 1.54) is 0 Å². The standard InChI is InChI=1S/C24H33IN2O6/c1-15(2)24(31)27(14-17-6-5-11-32-17)19-12-16(23(30)26-9-10-28)13-21(22(19)29)33-20-8-4-3-7-18(20)25/h3-4,7-8,13,15,17,19,21-22,28-29H,5-6,9-12,14H2,1-2H3,(H,26,30)/t17-,19+,21-,22-/m0/s1. The van der Waals surface area contributed by atoms with Gasteiger partial charge in [0.1, 0.15) is 18.0 Å². The Labute approximate surface area is 208 Å². The van der Waals surface area contributed by atoms with E-state index in [2.05, 4.69) is 27.9 Å². The Morgan fingerprint density at radius 3 is 2.73 bits per heavy atom. The molecule has 3 rings (SSSR count). The van der Waals surface area contributed by atoms with Crippen molar-refractivity contribution in [3.8, 4) is 5.75 Å². The lowest BCUT2D eigenvalue weighted by atomic mass is 9.87. The Morgan fingerprint density at radius 1 is 1.33 bits per heavy atom. The number of nitrogens with zero attached hydrogens (tertiary/aromatic N) is 1. The Kier molecular flexibility index (Phi) is 9.54. The number of ether oxygens (including phenoxy) is 2. The first-order valence-electron chi connectivity index (χ1n) is 11.4. The average molecular weight is 572 g/mol. The maximum atomic E-state index is 13.2. The second-order valence-electron chi connectivity index (χ2n) is 8.73. The van der Waals surface area contributed by atoms with Gasteiger partial charge >= 0.3 is 0 Å². The first-order valence-corrected chi connectivity index (χ1v) is 12.5. The van der Waals surface area contributed by atoms with E-state index in [1.807, 2.05) is 32.0 Å². The number of hydrogen-bond donors (Lipinski definition) is 3. The number of aliphatic hydroxyl groups excluding tert-OH is 2. The molecule has 4 atom stereocenters. The van der Waals surface area contributed by atoms with Gasteiger partial charge in [0.2, 0.25) is 11.8 Å². The predicted molar refractivity (Wildman–Crippen MR) is 132 cm³/mol. The molecule has 1 aliphatic carbocycles. The molecule has 0 radical (unpaired) electrons. The second kappa shape index (κ2) is 12.1. The van der Waals surface area contributed by atoms with Crippen molar-refractivity contribution in [2.75, 3.05) is 26.3 Å². The number of carbonyl (C=O) groups is 2. The lowest BCUT2D eigenvalue weighted by Gasteiger charge is -2.42. The molecule has 3 N–H and O–H groups in total. The van der Waals surface area contributed by atoms with Crippen LogP contribution in [0, 0.1) is 9.49 Å². The van der Waals surface area contributed by atoms with Gasteiger partial charge in [-0.1, -0.05) is 26.0 Å². The Hall–Kier alpha value is -1.69. The van der Waals surface area contributed by atoms with Crippen molar-refractivity contribution in [3.63, 3.8) is 0 Å². The van der Waals surface area contributed by atoms with E-state index in [9.17, 15) is 14.7 Å². The van der Waals surface area contributed by atoms with Crippen LogP contribution in [0.4, 0.5) is 0 Å². The molecule has 0 bridgehead atoms. The van der Waals surface area contributed by atoms with Gasteiger partial charge in [-0.05, 0) is 53.6 Å². The maximum Gasteiger partial charge on any atom is 0.247 e. The van der Waals surface area contributed by atoms with Gasteiger partial charge < -0.3 is 29.9 Å². The number of hydrogen-bond acceptors (Lipinski definition) is 6. The third kappa shape index (κ3) is 6.68. The largest absolute Gasteiger partial charge is 0.482 e. The van der Waals surface area contributed by atoms with Gasteiger partial charge in [0, 0.05) is 37.6 Å². The molecule has 8 nitrogen and oxygen atoms in total.